The molecule has 21 heavy (non-hydrogen) atoms. The van der Waals surface area contributed by atoms with E-state index in [0.717, 1.165) is 37.7 Å². The molecule has 0 saturated carbocycles. The Morgan fingerprint density at radius 2 is 2.00 bits per heavy atom. The average Bonchev–Trinajstić information content (AvgIpc) is 2.53. The maximum absolute atomic E-state index is 12.9. The molecule has 1 unspecified atom stereocenters. The van der Waals surface area contributed by atoms with Crippen molar-refractivity contribution in [3.8, 4) is 0 Å². The highest BCUT2D eigenvalue weighted by atomic mass is 32.2. The fraction of sp³-hybridized carbons (Fsp3) is 0.625. The molecule has 1 aromatic carbocycles. The molecule has 0 aliphatic carbocycles. The average molecular weight is 311 g/mol. The Morgan fingerprint density at radius 3 is 2.62 bits per heavy atom. The van der Waals surface area contributed by atoms with Crippen LogP contribution in [0.5, 0.6) is 0 Å². The summed E-state index contributed by atoms with van der Waals surface area (Å²) in [5, 5.41) is 9.44. The lowest BCUT2D eigenvalue weighted by Crippen LogP contribution is -2.43. The Hall–Kier alpha value is -0.910. The first-order chi connectivity index (χ1) is 10.0. The number of sulfonamides is 1. The number of aliphatic hydroxyl groups is 1. The van der Waals surface area contributed by atoms with Crippen LogP contribution in [0.25, 0.3) is 0 Å². The molecule has 1 fully saturated rings. The van der Waals surface area contributed by atoms with E-state index in [4.69, 9.17) is 0 Å². The largest absolute Gasteiger partial charge is 0.392 e. The van der Waals surface area contributed by atoms with Crippen molar-refractivity contribution in [2.45, 2.75) is 63.5 Å². The smallest absolute Gasteiger partial charge is 0.243 e. The van der Waals surface area contributed by atoms with E-state index in [1.54, 1.807) is 16.4 Å². The summed E-state index contributed by atoms with van der Waals surface area (Å²) in [5.41, 5.74) is 1.71. The van der Waals surface area contributed by atoms with Gasteiger partial charge in [0.25, 0.3) is 0 Å². The summed E-state index contributed by atoms with van der Waals surface area (Å²) in [6.07, 6.45) is 4.60. The van der Waals surface area contributed by atoms with Crippen molar-refractivity contribution in [2.24, 2.45) is 0 Å². The van der Waals surface area contributed by atoms with Crippen molar-refractivity contribution < 1.29 is 13.5 Å². The van der Waals surface area contributed by atoms with E-state index in [1.807, 2.05) is 19.9 Å². The van der Waals surface area contributed by atoms with Gasteiger partial charge in [0.1, 0.15) is 0 Å². The lowest BCUT2D eigenvalue weighted by molar-refractivity contribution is 0.246. The van der Waals surface area contributed by atoms with Crippen LogP contribution in [-0.4, -0.2) is 30.4 Å². The maximum Gasteiger partial charge on any atom is 0.243 e. The number of hydrogen-bond acceptors (Lipinski definition) is 3. The normalized spacial score (nSPS) is 20.6. The number of aryl methyl sites for hydroxylation is 1. The van der Waals surface area contributed by atoms with Gasteiger partial charge in [0.2, 0.25) is 10.0 Å². The Morgan fingerprint density at radius 1 is 1.24 bits per heavy atom. The van der Waals surface area contributed by atoms with E-state index in [9.17, 15) is 13.5 Å². The van der Waals surface area contributed by atoms with Gasteiger partial charge in [-0.3, -0.25) is 0 Å². The lowest BCUT2D eigenvalue weighted by Gasteiger charge is -2.34. The zero-order chi connectivity index (χ0) is 15.5. The molecule has 1 atom stereocenters. The highest BCUT2D eigenvalue weighted by molar-refractivity contribution is 7.89. The number of aliphatic hydroxyl groups excluding tert-OH is 1. The predicted molar refractivity (Wildman–Crippen MR) is 83.6 cm³/mol. The van der Waals surface area contributed by atoms with Gasteiger partial charge in [-0.25, -0.2) is 8.42 Å². The molecule has 5 heteroatoms. The lowest BCUT2D eigenvalue weighted by atomic mass is 10.0. The molecule has 1 aliphatic heterocycles. The molecule has 1 aliphatic rings. The number of piperidine rings is 1. The minimum absolute atomic E-state index is 0.104. The minimum Gasteiger partial charge on any atom is -0.392 e. The molecule has 1 N–H and O–H groups in total. The second-order valence-corrected chi connectivity index (χ2v) is 7.51. The van der Waals surface area contributed by atoms with Gasteiger partial charge in [0.15, 0.2) is 0 Å². The van der Waals surface area contributed by atoms with E-state index in [1.165, 1.54) is 0 Å². The van der Waals surface area contributed by atoms with Gasteiger partial charge in [0.05, 0.1) is 11.5 Å². The van der Waals surface area contributed by atoms with E-state index < -0.39 is 10.0 Å². The Balaban J connectivity index is 2.38. The Kier molecular flexibility index (Phi) is 5.41. The molecule has 1 aromatic rings. The van der Waals surface area contributed by atoms with Crippen molar-refractivity contribution in [1.29, 1.82) is 0 Å². The third-order valence-electron chi connectivity index (χ3n) is 4.38. The van der Waals surface area contributed by atoms with Gasteiger partial charge < -0.3 is 5.11 Å². The number of nitrogens with zero attached hydrogens (tertiary/aromatic N) is 1. The molecule has 0 bridgehead atoms. The third-order valence-corrected chi connectivity index (χ3v) is 6.33. The Bertz CT molecular complexity index is 583. The highest BCUT2D eigenvalue weighted by Gasteiger charge is 2.32. The summed E-state index contributed by atoms with van der Waals surface area (Å²) in [6.45, 7) is 4.52. The summed E-state index contributed by atoms with van der Waals surface area (Å²) in [7, 11) is -3.46. The van der Waals surface area contributed by atoms with Crippen LogP contribution in [-0.2, 0) is 23.1 Å². The summed E-state index contributed by atoms with van der Waals surface area (Å²) in [4.78, 5) is 0.309. The van der Waals surface area contributed by atoms with E-state index in [-0.39, 0.29) is 12.6 Å². The molecule has 118 valence electrons. The zero-order valence-electron chi connectivity index (χ0n) is 12.9. The van der Waals surface area contributed by atoms with Gasteiger partial charge in [-0.1, -0.05) is 26.3 Å². The van der Waals surface area contributed by atoms with Crippen LogP contribution in [0.15, 0.2) is 23.1 Å². The highest BCUT2D eigenvalue weighted by Crippen LogP contribution is 2.28. The van der Waals surface area contributed by atoms with Crippen LogP contribution in [0.4, 0.5) is 0 Å². The topological polar surface area (TPSA) is 57.6 Å². The summed E-state index contributed by atoms with van der Waals surface area (Å²) < 4.78 is 27.4. The fourth-order valence-corrected chi connectivity index (χ4v) is 4.91. The van der Waals surface area contributed by atoms with Crippen molar-refractivity contribution in [1.82, 2.24) is 4.31 Å². The molecule has 4 nitrogen and oxygen atoms in total. The number of benzene rings is 1. The summed E-state index contributed by atoms with van der Waals surface area (Å²) in [5.74, 6) is 0. The molecule has 1 heterocycles. The first kappa shape index (κ1) is 16.5. The number of hydrogen-bond donors (Lipinski definition) is 1. The SMILES string of the molecule is CCc1ccc(S(=O)(=O)N2CCCCC2CC)cc1CO. The third kappa shape index (κ3) is 3.30. The van der Waals surface area contributed by atoms with Crippen LogP contribution >= 0.6 is 0 Å². The first-order valence-corrected chi connectivity index (χ1v) is 9.23. The molecule has 2 rings (SSSR count). The number of rotatable bonds is 5. The summed E-state index contributed by atoms with van der Waals surface area (Å²) >= 11 is 0. The monoisotopic (exact) mass is 311 g/mol. The molecule has 0 aromatic heterocycles. The summed E-state index contributed by atoms with van der Waals surface area (Å²) in [6, 6.07) is 5.24. The standard InChI is InChI=1S/C16H25NO3S/c1-3-13-8-9-16(11-14(13)12-18)21(19,20)17-10-6-5-7-15(17)4-2/h8-9,11,15,18H,3-7,10,12H2,1-2H3. The van der Waals surface area contributed by atoms with Crippen molar-refractivity contribution in [3.05, 3.63) is 29.3 Å². The fourth-order valence-electron chi connectivity index (χ4n) is 3.09. The Labute approximate surface area is 127 Å². The van der Waals surface area contributed by atoms with Crippen LogP contribution in [0, 0.1) is 0 Å². The van der Waals surface area contributed by atoms with E-state index >= 15 is 0 Å². The van der Waals surface area contributed by atoms with Crippen molar-refractivity contribution in [2.75, 3.05) is 6.54 Å². The van der Waals surface area contributed by atoms with Crippen molar-refractivity contribution >= 4 is 10.0 Å². The molecule has 0 radical (unpaired) electrons. The van der Waals surface area contributed by atoms with Gasteiger partial charge in [-0.2, -0.15) is 4.31 Å². The maximum atomic E-state index is 12.9. The molecular formula is C16H25NO3S. The minimum atomic E-state index is -3.46. The van der Waals surface area contributed by atoms with Crippen LogP contribution in [0.3, 0.4) is 0 Å². The molecule has 0 spiro atoms. The second kappa shape index (κ2) is 6.90. The zero-order valence-corrected chi connectivity index (χ0v) is 13.7. The molecule has 1 saturated heterocycles. The predicted octanol–water partition coefficient (Wildman–Crippen LogP) is 2.69. The van der Waals surface area contributed by atoms with Gasteiger partial charge in [0, 0.05) is 12.6 Å². The quantitative estimate of drug-likeness (QED) is 0.909. The van der Waals surface area contributed by atoms with E-state index in [0.29, 0.717) is 17.0 Å². The van der Waals surface area contributed by atoms with Crippen molar-refractivity contribution in [3.63, 3.8) is 0 Å². The van der Waals surface area contributed by atoms with Gasteiger partial charge in [-0.15, -0.1) is 0 Å². The second-order valence-electron chi connectivity index (χ2n) is 5.62. The van der Waals surface area contributed by atoms with Gasteiger partial charge in [-0.05, 0) is 48.9 Å². The first-order valence-electron chi connectivity index (χ1n) is 7.79. The van der Waals surface area contributed by atoms with Crippen LogP contribution in [0.1, 0.15) is 50.7 Å². The molecule has 0 amide bonds. The van der Waals surface area contributed by atoms with E-state index in [2.05, 4.69) is 0 Å². The van der Waals surface area contributed by atoms with Gasteiger partial charge >= 0.3 is 0 Å². The van der Waals surface area contributed by atoms with Crippen LogP contribution in [0.2, 0.25) is 0 Å². The van der Waals surface area contributed by atoms with Crippen LogP contribution < -0.4 is 0 Å². The molecular weight excluding hydrogens is 286 g/mol.